The molecule has 1 aromatic carbocycles. The molecule has 0 aliphatic carbocycles. The minimum Gasteiger partial charge on any atom is -0.396 e. The molecule has 2 heterocycles. The molecule has 140 valence electrons. The van der Waals surface area contributed by atoms with Crippen LogP contribution in [0, 0.1) is 11.2 Å². The highest BCUT2D eigenvalue weighted by molar-refractivity contribution is 5.90. The maximum absolute atomic E-state index is 13.1. The number of nitrogens with zero attached hydrogens (tertiary/aromatic N) is 3. The zero-order chi connectivity index (χ0) is 18.9. The van der Waals surface area contributed by atoms with Gasteiger partial charge in [0.1, 0.15) is 5.82 Å². The van der Waals surface area contributed by atoms with Gasteiger partial charge in [-0.2, -0.15) is 0 Å². The SMILES string of the molecule is Cn1nc(C(=O)N2CC[C@H](O)[C@@](CO)(Cc3ccc(F)cc3)C2)[nH]c1=O. The lowest BCUT2D eigenvalue weighted by Crippen LogP contribution is -2.56. The van der Waals surface area contributed by atoms with Crippen LogP contribution >= 0.6 is 0 Å². The predicted octanol–water partition coefficient (Wildman–Crippen LogP) is -0.324. The van der Waals surface area contributed by atoms with Gasteiger partial charge in [-0.15, -0.1) is 5.10 Å². The molecule has 2 aromatic rings. The Morgan fingerprint density at radius 2 is 2.12 bits per heavy atom. The number of aryl methyl sites for hydroxylation is 1. The molecule has 1 aliphatic rings. The van der Waals surface area contributed by atoms with E-state index in [0.29, 0.717) is 0 Å². The summed E-state index contributed by atoms with van der Waals surface area (Å²) in [5.74, 6) is -0.916. The van der Waals surface area contributed by atoms with Crippen LogP contribution in [0.25, 0.3) is 0 Å². The van der Waals surface area contributed by atoms with E-state index >= 15 is 0 Å². The van der Waals surface area contributed by atoms with Crippen LogP contribution in [0.15, 0.2) is 29.1 Å². The van der Waals surface area contributed by atoms with E-state index in [9.17, 15) is 24.2 Å². The van der Waals surface area contributed by atoms with Crippen LogP contribution in [0.4, 0.5) is 4.39 Å². The van der Waals surface area contributed by atoms with Crippen LogP contribution in [0.5, 0.6) is 0 Å². The van der Waals surface area contributed by atoms with E-state index in [0.717, 1.165) is 10.2 Å². The van der Waals surface area contributed by atoms with Crippen molar-refractivity contribution in [2.45, 2.75) is 18.9 Å². The maximum Gasteiger partial charge on any atom is 0.343 e. The molecule has 2 atom stereocenters. The number of hydrogen-bond acceptors (Lipinski definition) is 5. The van der Waals surface area contributed by atoms with Crippen molar-refractivity contribution in [3.05, 3.63) is 52.0 Å². The summed E-state index contributed by atoms with van der Waals surface area (Å²) in [4.78, 5) is 28.0. The highest BCUT2D eigenvalue weighted by atomic mass is 19.1. The second-order valence-electron chi connectivity index (χ2n) is 6.76. The minimum atomic E-state index is -0.971. The average Bonchev–Trinajstić information content (AvgIpc) is 2.97. The first-order chi connectivity index (χ1) is 12.3. The first-order valence-corrected chi connectivity index (χ1v) is 8.30. The van der Waals surface area contributed by atoms with Crippen molar-refractivity contribution in [3.8, 4) is 0 Å². The van der Waals surface area contributed by atoms with Gasteiger partial charge in [0.25, 0.3) is 5.91 Å². The van der Waals surface area contributed by atoms with Crippen LogP contribution in [0.1, 0.15) is 22.6 Å². The third-order valence-electron chi connectivity index (χ3n) is 4.93. The number of aliphatic hydroxyl groups is 2. The van der Waals surface area contributed by atoms with Gasteiger partial charge < -0.3 is 15.1 Å². The molecule has 1 saturated heterocycles. The van der Waals surface area contributed by atoms with Gasteiger partial charge in [0.2, 0.25) is 5.82 Å². The highest BCUT2D eigenvalue weighted by Crippen LogP contribution is 2.34. The smallest absolute Gasteiger partial charge is 0.343 e. The van der Waals surface area contributed by atoms with E-state index in [1.165, 1.54) is 24.1 Å². The number of aliphatic hydroxyl groups excluding tert-OH is 2. The van der Waals surface area contributed by atoms with E-state index in [2.05, 4.69) is 10.1 Å². The topological polar surface area (TPSA) is 111 Å². The van der Waals surface area contributed by atoms with E-state index in [1.807, 2.05) is 0 Å². The summed E-state index contributed by atoms with van der Waals surface area (Å²) in [6.45, 7) is 0.0390. The number of halogens is 1. The molecule has 0 bridgehead atoms. The normalized spacial score (nSPS) is 23.2. The molecule has 0 saturated carbocycles. The summed E-state index contributed by atoms with van der Waals surface area (Å²) in [6, 6.07) is 5.82. The molecule has 26 heavy (non-hydrogen) atoms. The molecule has 1 amide bonds. The Hall–Kier alpha value is -2.52. The number of aromatic amines is 1. The molecule has 3 rings (SSSR count). The highest BCUT2D eigenvalue weighted by Gasteiger charge is 2.44. The first-order valence-electron chi connectivity index (χ1n) is 8.30. The van der Waals surface area contributed by atoms with Gasteiger partial charge in [-0.25, -0.2) is 13.9 Å². The molecule has 3 N–H and O–H groups in total. The number of hydrogen-bond donors (Lipinski definition) is 3. The molecule has 1 fully saturated rings. The molecule has 9 heteroatoms. The third-order valence-corrected chi connectivity index (χ3v) is 4.93. The van der Waals surface area contributed by atoms with Gasteiger partial charge in [-0.3, -0.25) is 9.78 Å². The lowest BCUT2D eigenvalue weighted by Gasteiger charge is -2.45. The number of piperidine rings is 1. The van der Waals surface area contributed by atoms with Crippen molar-refractivity contribution < 1.29 is 19.4 Å². The van der Waals surface area contributed by atoms with Crippen molar-refractivity contribution in [3.63, 3.8) is 0 Å². The molecule has 0 unspecified atom stereocenters. The van der Waals surface area contributed by atoms with Crippen LogP contribution in [-0.2, 0) is 13.5 Å². The van der Waals surface area contributed by atoms with Gasteiger partial charge in [-0.05, 0) is 30.5 Å². The number of benzene rings is 1. The Morgan fingerprint density at radius 1 is 1.42 bits per heavy atom. The lowest BCUT2D eigenvalue weighted by atomic mass is 9.73. The van der Waals surface area contributed by atoms with E-state index in [4.69, 9.17) is 0 Å². The van der Waals surface area contributed by atoms with Crippen molar-refractivity contribution >= 4 is 5.91 Å². The summed E-state index contributed by atoms with van der Waals surface area (Å²) in [5.41, 5.74) is -0.717. The number of aromatic nitrogens is 3. The van der Waals surface area contributed by atoms with Crippen molar-refractivity contribution in [1.82, 2.24) is 19.7 Å². The molecule has 8 nitrogen and oxygen atoms in total. The number of amides is 1. The number of nitrogens with one attached hydrogen (secondary N) is 1. The van der Waals surface area contributed by atoms with Gasteiger partial charge in [0, 0.05) is 25.6 Å². The van der Waals surface area contributed by atoms with E-state index < -0.39 is 23.1 Å². The van der Waals surface area contributed by atoms with Gasteiger partial charge in [-0.1, -0.05) is 12.1 Å². The van der Waals surface area contributed by atoms with E-state index in [1.54, 1.807) is 12.1 Å². The zero-order valence-corrected chi connectivity index (χ0v) is 14.4. The largest absolute Gasteiger partial charge is 0.396 e. The number of carbonyl (C=O) groups is 1. The molecular weight excluding hydrogens is 343 g/mol. The number of rotatable bonds is 4. The standard InChI is InChI=1S/C17H21FN4O4/c1-21-16(26)19-14(20-21)15(25)22-7-6-13(24)17(9-22,10-23)8-11-2-4-12(18)5-3-11/h2-5,13,23-24H,6-10H2,1H3,(H,19,20,26)/t13-,17-/m0/s1. The van der Waals surface area contributed by atoms with E-state index in [-0.39, 0.29) is 44.2 Å². The Balaban J connectivity index is 1.84. The average molecular weight is 364 g/mol. The zero-order valence-electron chi connectivity index (χ0n) is 14.4. The Labute approximate surface area is 148 Å². The van der Waals surface area contributed by atoms with Gasteiger partial charge >= 0.3 is 5.69 Å². The molecule has 1 aliphatic heterocycles. The second-order valence-corrected chi connectivity index (χ2v) is 6.76. The van der Waals surface area contributed by atoms with Crippen LogP contribution in [0.2, 0.25) is 0 Å². The second kappa shape index (κ2) is 7.00. The maximum atomic E-state index is 13.1. The Morgan fingerprint density at radius 3 is 2.69 bits per heavy atom. The summed E-state index contributed by atoms with van der Waals surface area (Å²) in [5, 5.41) is 24.4. The number of likely N-dealkylation sites (tertiary alicyclic amines) is 1. The minimum absolute atomic E-state index is 0.0810. The fourth-order valence-corrected chi connectivity index (χ4v) is 3.36. The monoisotopic (exact) mass is 364 g/mol. The Kier molecular flexibility index (Phi) is 4.92. The van der Waals surface area contributed by atoms with Crippen LogP contribution in [-0.4, -0.2) is 61.6 Å². The number of carbonyl (C=O) groups excluding carboxylic acids is 1. The lowest BCUT2D eigenvalue weighted by molar-refractivity contribution is -0.0670. The summed E-state index contributed by atoms with van der Waals surface area (Å²) >= 11 is 0. The van der Waals surface area contributed by atoms with Crippen LogP contribution < -0.4 is 5.69 Å². The first kappa shape index (κ1) is 18.3. The van der Waals surface area contributed by atoms with Crippen molar-refractivity contribution in [2.24, 2.45) is 12.5 Å². The summed E-state index contributed by atoms with van der Waals surface area (Å²) < 4.78 is 14.2. The summed E-state index contributed by atoms with van der Waals surface area (Å²) in [6.07, 6.45) is -0.248. The fourth-order valence-electron chi connectivity index (χ4n) is 3.36. The molecule has 0 spiro atoms. The summed E-state index contributed by atoms with van der Waals surface area (Å²) in [7, 11) is 1.43. The van der Waals surface area contributed by atoms with Crippen LogP contribution in [0.3, 0.4) is 0 Å². The quantitative estimate of drug-likeness (QED) is 0.688. The fraction of sp³-hybridized carbons (Fsp3) is 0.471. The Bertz CT molecular complexity index is 847. The predicted molar refractivity (Wildman–Crippen MR) is 90.0 cm³/mol. The molecule has 1 aromatic heterocycles. The number of H-pyrrole nitrogens is 1. The van der Waals surface area contributed by atoms with Gasteiger partial charge in [0.05, 0.1) is 12.7 Å². The molecule has 0 radical (unpaired) electrons. The third kappa shape index (κ3) is 3.40. The van der Waals surface area contributed by atoms with Gasteiger partial charge in [0.15, 0.2) is 0 Å². The molecular formula is C17H21FN4O4. The van der Waals surface area contributed by atoms with Crippen molar-refractivity contribution in [2.75, 3.05) is 19.7 Å². The van der Waals surface area contributed by atoms with Crippen molar-refractivity contribution in [1.29, 1.82) is 0 Å².